The van der Waals surface area contributed by atoms with Gasteiger partial charge in [0.15, 0.2) is 6.61 Å². The zero-order chi connectivity index (χ0) is 25.4. The fourth-order valence-electron chi connectivity index (χ4n) is 2.94. The second-order valence-corrected chi connectivity index (χ2v) is 6.91. The summed E-state index contributed by atoms with van der Waals surface area (Å²) >= 11 is 0. The zero-order valence-electron chi connectivity index (χ0n) is 18.7. The van der Waals surface area contributed by atoms with Gasteiger partial charge in [-0.2, -0.15) is 0 Å². The van der Waals surface area contributed by atoms with Crippen molar-refractivity contribution in [2.45, 2.75) is 0 Å². The van der Waals surface area contributed by atoms with Gasteiger partial charge in [-0.1, -0.05) is 12.1 Å². The molecule has 1 heterocycles. The van der Waals surface area contributed by atoms with Crippen LogP contribution in [0, 0.1) is 5.82 Å². The first-order chi connectivity index (χ1) is 16.8. The maximum atomic E-state index is 14.0. The molecule has 3 rings (SSSR count). The van der Waals surface area contributed by atoms with Crippen molar-refractivity contribution >= 4 is 41.0 Å². The van der Waals surface area contributed by atoms with Crippen LogP contribution in [0.5, 0.6) is 0 Å². The Hall–Kier alpha value is -4.80. The molecule has 1 amide bonds. The number of carbonyl (C=O) groups is 4. The number of nitrogens with zero attached hydrogens (tertiary/aromatic N) is 1. The highest BCUT2D eigenvalue weighted by molar-refractivity contribution is 6.01. The number of rotatable bonds is 8. The smallest absolute Gasteiger partial charge is 0.342 e. The quantitative estimate of drug-likeness (QED) is 0.367. The Morgan fingerprint density at radius 1 is 0.886 bits per heavy atom. The highest BCUT2D eigenvalue weighted by atomic mass is 19.1. The summed E-state index contributed by atoms with van der Waals surface area (Å²) < 4.78 is 28.3. The third-order valence-corrected chi connectivity index (χ3v) is 4.55. The van der Waals surface area contributed by atoms with Gasteiger partial charge in [-0.3, -0.25) is 4.79 Å². The summed E-state index contributed by atoms with van der Waals surface area (Å²) in [7, 11) is 2.33. The molecule has 0 unspecified atom stereocenters. The highest BCUT2D eigenvalue weighted by Gasteiger charge is 2.18. The average Bonchev–Trinajstić information content (AvgIpc) is 2.87. The lowest BCUT2D eigenvalue weighted by Crippen LogP contribution is -2.22. The van der Waals surface area contributed by atoms with Crippen molar-refractivity contribution < 1.29 is 37.8 Å². The Morgan fingerprint density at radius 2 is 1.54 bits per heavy atom. The number of halogens is 1. The first-order valence-electron chi connectivity index (χ1n) is 10.1. The summed E-state index contributed by atoms with van der Waals surface area (Å²) in [6.45, 7) is -0.692. The topological polar surface area (TPSA) is 133 Å². The molecule has 10 nitrogen and oxygen atoms in total. The molecule has 0 spiro atoms. The molecule has 0 aliphatic heterocycles. The molecule has 0 bridgehead atoms. The Morgan fingerprint density at radius 3 is 2.17 bits per heavy atom. The van der Waals surface area contributed by atoms with Crippen molar-refractivity contribution in [3.63, 3.8) is 0 Å². The van der Waals surface area contributed by atoms with Gasteiger partial charge in [-0.25, -0.2) is 23.8 Å². The number of para-hydroxylation sites is 1. The Balaban J connectivity index is 1.70. The van der Waals surface area contributed by atoms with Crippen LogP contribution >= 0.6 is 0 Å². The van der Waals surface area contributed by atoms with Crippen LogP contribution in [0.2, 0.25) is 0 Å². The molecular weight excluding hydrogens is 461 g/mol. The summed E-state index contributed by atoms with van der Waals surface area (Å²) in [5, 5.41) is 5.16. The fraction of sp³-hybridized carbons (Fsp3) is 0.125. The van der Waals surface area contributed by atoms with Gasteiger partial charge in [0.2, 0.25) is 0 Å². The van der Waals surface area contributed by atoms with Crippen LogP contribution < -0.4 is 10.6 Å². The molecule has 3 aromatic rings. The van der Waals surface area contributed by atoms with Gasteiger partial charge >= 0.3 is 17.9 Å². The molecule has 180 valence electrons. The number of pyridine rings is 1. The Bertz CT molecular complexity index is 1250. The number of nitrogens with one attached hydrogen (secondary N) is 2. The largest absolute Gasteiger partial charge is 0.465 e. The summed E-state index contributed by atoms with van der Waals surface area (Å²) in [5.74, 6) is -3.60. The van der Waals surface area contributed by atoms with Crippen LogP contribution in [0.1, 0.15) is 31.1 Å². The predicted octanol–water partition coefficient (Wildman–Crippen LogP) is 3.33. The van der Waals surface area contributed by atoms with E-state index < -0.39 is 36.2 Å². The summed E-state index contributed by atoms with van der Waals surface area (Å²) in [6.07, 6.45) is 1.40. The number of hydrogen-bond donors (Lipinski definition) is 2. The zero-order valence-corrected chi connectivity index (χ0v) is 18.7. The maximum Gasteiger partial charge on any atom is 0.342 e. The summed E-state index contributed by atoms with van der Waals surface area (Å²) in [6, 6.07) is 12.5. The molecule has 0 saturated heterocycles. The molecule has 0 fully saturated rings. The molecule has 0 aliphatic rings. The van der Waals surface area contributed by atoms with Crippen molar-refractivity contribution in [3.05, 3.63) is 83.3 Å². The second kappa shape index (κ2) is 11.4. The number of methoxy groups -OCH3 is 2. The van der Waals surface area contributed by atoms with Crippen LogP contribution in [0.25, 0.3) is 0 Å². The normalized spacial score (nSPS) is 10.1. The lowest BCUT2D eigenvalue weighted by atomic mass is 10.1. The van der Waals surface area contributed by atoms with Crippen LogP contribution in [-0.4, -0.2) is 49.6 Å². The van der Waals surface area contributed by atoms with Gasteiger partial charge in [0.05, 0.1) is 31.0 Å². The molecule has 1 aromatic heterocycles. The van der Waals surface area contributed by atoms with Gasteiger partial charge in [-0.05, 0) is 42.5 Å². The van der Waals surface area contributed by atoms with E-state index in [2.05, 4.69) is 25.1 Å². The van der Waals surface area contributed by atoms with Crippen molar-refractivity contribution in [2.24, 2.45) is 0 Å². The molecule has 35 heavy (non-hydrogen) atoms. The number of carbonyl (C=O) groups excluding carboxylic acids is 4. The predicted molar refractivity (Wildman–Crippen MR) is 122 cm³/mol. The van der Waals surface area contributed by atoms with Gasteiger partial charge in [-0.15, -0.1) is 0 Å². The van der Waals surface area contributed by atoms with Crippen molar-refractivity contribution in [2.75, 3.05) is 31.5 Å². The molecule has 0 atom stereocenters. The minimum absolute atomic E-state index is 0.00177. The highest BCUT2D eigenvalue weighted by Crippen LogP contribution is 2.22. The monoisotopic (exact) mass is 481 g/mol. The lowest BCUT2D eigenvalue weighted by molar-refractivity contribution is -0.119. The number of hydrogen-bond acceptors (Lipinski definition) is 9. The molecule has 11 heteroatoms. The van der Waals surface area contributed by atoms with E-state index in [1.807, 2.05) is 0 Å². The maximum absolute atomic E-state index is 14.0. The van der Waals surface area contributed by atoms with Crippen LogP contribution in [-0.2, 0) is 19.0 Å². The van der Waals surface area contributed by atoms with E-state index >= 15 is 0 Å². The number of anilines is 3. The number of benzene rings is 2. The number of ether oxygens (including phenoxy) is 3. The van der Waals surface area contributed by atoms with E-state index in [1.54, 1.807) is 6.07 Å². The van der Waals surface area contributed by atoms with Crippen LogP contribution in [0.4, 0.5) is 21.6 Å². The van der Waals surface area contributed by atoms with Gasteiger partial charge in [0, 0.05) is 11.9 Å². The third kappa shape index (κ3) is 6.38. The van der Waals surface area contributed by atoms with Gasteiger partial charge in [0.1, 0.15) is 17.2 Å². The number of esters is 3. The van der Waals surface area contributed by atoms with E-state index in [0.717, 1.165) is 0 Å². The van der Waals surface area contributed by atoms with Crippen molar-refractivity contribution in [1.29, 1.82) is 0 Å². The van der Waals surface area contributed by atoms with Crippen molar-refractivity contribution in [3.8, 4) is 0 Å². The van der Waals surface area contributed by atoms with E-state index in [4.69, 9.17) is 4.74 Å². The summed E-state index contributed by atoms with van der Waals surface area (Å²) in [4.78, 5) is 52.7. The molecule has 0 saturated carbocycles. The van der Waals surface area contributed by atoms with Crippen molar-refractivity contribution in [1.82, 2.24) is 4.98 Å². The lowest BCUT2D eigenvalue weighted by Gasteiger charge is -2.12. The number of amides is 1. The van der Waals surface area contributed by atoms with Crippen LogP contribution in [0.15, 0.2) is 60.8 Å². The first-order valence-corrected chi connectivity index (χ1v) is 10.1. The van der Waals surface area contributed by atoms with E-state index in [0.29, 0.717) is 0 Å². The Labute approximate surface area is 199 Å². The number of aromatic nitrogens is 1. The van der Waals surface area contributed by atoms with Crippen LogP contribution in [0.3, 0.4) is 0 Å². The Kier molecular flexibility index (Phi) is 8.06. The minimum atomic E-state index is -0.884. The first kappa shape index (κ1) is 24.8. The molecule has 2 aromatic carbocycles. The average molecular weight is 481 g/mol. The fourth-order valence-corrected chi connectivity index (χ4v) is 2.94. The molecule has 0 radical (unpaired) electrons. The van der Waals surface area contributed by atoms with Gasteiger partial charge < -0.3 is 24.8 Å². The standard InChI is InChI=1S/C24H20FN3O7/c1-33-22(30)14-10-15(23(31)34-2)12-16(11-14)27-20(29)13-35-24(32)17-6-5-9-26-21(17)28-19-8-4-3-7-18(19)25/h3-12H,13H2,1-2H3,(H,26,28)(H,27,29). The van der Waals surface area contributed by atoms with E-state index in [9.17, 15) is 23.6 Å². The van der Waals surface area contributed by atoms with E-state index in [1.165, 1.54) is 68.9 Å². The SMILES string of the molecule is COC(=O)c1cc(NC(=O)COC(=O)c2cccnc2Nc2ccccc2F)cc(C(=O)OC)c1. The third-order valence-electron chi connectivity index (χ3n) is 4.55. The van der Waals surface area contributed by atoms with E-state index in [-0.39, 0.29) is 33.9 Å². The summed E-state index contributed by atoms with van der Waals surface area (Å²) in [5.41, 5.74) is 0.163. The molecule has 0 aliphatic carbocycles. The minimum Gasteiger partial charge on any atom is -0.465 e. The molecule has 2 N–H and O–H groups in total. The second-order valence-electron chi connectivity index (χ2n) is 6.91. The van der Waals surface area contributed by atoms with Gasteiger partial charge in [0.25, 0.3) is 5.91 Å². The molecular formula is C24H20FN3O7.